The van der Waals surface area contributed by atoms with Crippen molar-refractivity contribution < 1.29 is 4.39 Å². The molecule has 3 aromatic carbocycles. The van der Waals surface area contributed by atoms with Gasteiger partial charge in [0.1, 0.15) is 0 Å². The van der Waals surface area contributed by atoms with Crippen molar-refractivity contribution in [3.63, 3.8) is 0 Å². The maximum absolute atomic E-state index is 16.1. The SMILES string of the molecule is FC(Sc1ccccc1)(c1ccc(Cl)cc1)c1ccc(Cl)cc1. The first-order chi connectivity index (χ1) is 11.1. The Bertz CT molecular complexity index is 725. The fourth-order valence-corrected chi connectivity index (χ4v) is 3.64. The van der Waals surface area contributed by atoms with Crippen LogP contribution in [0.1, 0.15) is 11.1 Å². The number of thioether (sulfide) groups is 1. The third-order valence-electron chi connectivity index (χ3n) is 3.43. The third-order valence-corrected chi connectivity index (χ3v) is 5.20. The molecule has 0 amide bonds. The summed E-state index contributed by atoms with van der Waals surface area (Å²) in [5.74, 6) is 0. The lowest BCUT2D eigenvalue weighted by Gasteiger charge is -2.26. The summed E-state index contributed by atoms with van der Waals surface area (Å²) in [6.07, 6.45) is 0. The van der Waals surface area contributed by atoms with Crippen molar-refractivity contribution >= 4 is 35.0 Å². The summed E-state index contributed by atoms with van der Waals surface area (Å²) in [7, 11) is 0. The molecule has 0 saturated carbocycles. The summed E-state index contributed by atoms with van der Waals surface area (Å²) >= 11 is 13.0. The highest BCUT2D eigenvalue weighted by molar-refractivity contribution is 8.00. The van der Waals surface area contributed by atoms with Gasteiger partial charge in [0.2, 0.25) is 5.00 Å². The summed E-state index contributed by atoms with van der Waals surface area (Å²) in [4.78, 5) is 0.847. The molecule has 0 saturated heterocycles. The van der Waals surface area contributed by atoms with Crippen molar-refractivity contribution in [1.29, 1.82) is 0 Å². The van der Waals surface area contributed by atoms with Crippen molar-refractivity contribution in [3.8, 4) is 0 Å². The van der Waals surface area contributed by atoms with Gasteiger partial charge in [-0.05, 0) is 36.4 Å². The van der Waals surface area contributed by atoms with E-state index in [2.05, 4.69) is 0 Å². The molecule has 0 unspecified atom stereocenters. The lowest BCUT2D eigenvalue weighted by Crippen LogP contribution is -2.17. The van der Waals surface area contributed by atoms with Gasteiger partial charge in [0.25, 0.3) is 0 Å². The molecule has 23 heavy (non-hydrogen) atoms. The molecule has 0 aromatic heterocycles. The van der Waals surface area contributed by atoms with E-state index in [4.69, 9.17) is 23.2 Å². The van der Waals surface area contributed by atoms with E-state index < -0.39 is 5.00 Å². The zero-order valence-corrected chi connectivity index (χ0v) is 14.4. The smallest absolute Gasteiger partial charge is 0.211 e. The molecule has 116 valence electrons. The first-order valence-electron chi connectivity index (χ1n) is 7.03. The fraction of sp³-hybridized carbons (Fsp3) is 0.0526. The van der Waals surface area contributed by atoms with E-state index in [1.807, 2.05) is 30.3 Å². The van der Waals surface area contributed by atoms with E-state index in [9.17, 15) is 0 Å². The Morgan fingerprint density at radius 3 is 1.52 bits per heavy atom. The van der Waals surface area contributed by atoms with Gasteiger partial charge < -0.3 is 0 Å². The van der Waals surface area contributed by atoms with Gasteiger partial charge >= 0.3 is 0 Å². The zero-order valence-electron chi connectivity index (χ0n) is 12.0. The molecule has 0 aliphatic rings. The van der Waals surface area contributed by atoms with Gasteiger partial charge in [-0.3, -0.25) is 0 Å². The summed E-state index contributed by atoms with van der Waals surface area (Å²) in [6.45, 7) is 0. The molecule has 0 heterocycles. The van der Waals surface area contributed by atoms with Crippen molar-refractivity contribution in [3.05, 3.63) is 100 Å². The van der Waals surface area contributed by atoms with E-state index >= 15 is 4.39 Å². The molecular formula is C19H13Cl2FS. The van der Waals surface area contributed by atoms with Crippen LogP contribution in [-0.4, -0.2) is 0 Å². The molecular weight excluding hydrogens is 350 g/mol. The molecule has 0 nitrogen and oxygen atoms in total. The minimum atomic E-state index is -1.73. The summed E-state index contributed by atoms with van der Waals surface area (Å²) < 4.78 is 16.1. The van der Waals surface area contributed by atoms with Crippen LogP contribution in [0.25, 0.3) is 0 Å². The summed E-state index contributed by atoms with van der Waals surface area (Å²) in [5, 5.41) is -0.565. The molecule has 0 aliphatic carbocycles. The molecule has 0 N–H and O–H groups in total. The minimum absolute atomic E-state index is 0.540. The summed E-state index contributed by atoms with van der Waals surface area (Å²) in [5.41, 5.74) is 1.08. The van der Waals surface area contributed by atoms with Crippen LogP contribution in [0.4, 0.5) is 4.39 Å². The Kier molecular flexibility index (Phi) is 4.96. The first kappa shape index (κ1) is 16.4. The molecule has 0 fully saturated rings. The average molecular weight is 363 g/mol. The predicted octanol–water partition coefficient (Wildman–Crippen LogP) is 6.96. The standard InChI is InChI=1S/C19H13Cl2FS/c20-16-10-6-14(7-11-16)19(22,15-8-12-17(21)13-9-15)23-18-4-2-1-3-5-18/h1-13H. The van der Waals surface area contributed by atoms with Crippen LogP contribution < -0.4 is 0 Å². The van der Waals surface area contributed by atoms with Crippen LogP contribution in [0.15, 0.2) is 83.8 Å². The van der Waals surface area contributed by atoms with Crippen molar-refractivity contribution in [2.45, 2.75) is 9.90 Å². The molecule has 3 rings (SSSR count). The highest BCUT2D eigenvalue weighted by atomic mass is 35.5. The van der Waals surface area contributed by atoms with E-state index in [0.717, 1.165) is 16.7 Å². The largest absolute Gasteiger partial charge is 0.221 e. The van der Waals surface area contributed by atoms with Gasteiger partial charge in [-0.1, -0.05) is 77.4 Å². The van der Waals surface area contributed by atoms with E-state index in [-0.39, 0.29) is 0 Å². The molecule has 3 aromatic rings. The quantitative estimate of drug-likeness (QED) is 0.452. The van der Waals surface area contributed by atoms with Gasteiger partial charge in [-0.25, -0.2) is 4.39 Å². The van der Waals surface area contributed by atoms with Gasteiger partial charge in [0.05, 0.1) is 0 Å². The Morgan fingerprint density at radius 1 is 0.652 bits per heavy atom. The van der Waals surface area contributed by atoms with Crippen LogP contribution in [-0.2, 0) is 5.00 Å². The highest BCUT2D eigenvalue weighted by Gasteiger charge is 2.35. The summed E-state index contributed by atoms with van der Waals surface area (Å²) in [6, 6.07) is 23.2. The topological polar surface area (TPSA) is 0 Å². The van der Waals surface area contributed by atoms with Crippen LogP contribution in [0, 0.1) is 0 Å². The lowest BCUT2D eigenvalue weighted by molar-refractivity contribution is 0.354. The fourth-order valence-electron chi connectivity index (χ4n) is 2.26. The van der Waals surface area contributed by atoms with Crippen molar-refractivity contribution in [2.24, 2.45) is 0 Å². The first-order valence-corrected chi connectivity index (χ1v) is 8.60. The van der Waals surface area contributed by atoms with Crippen molar-refractivity contribution in [2.75, 3.05) is 0 Å². The number of hydrogen-bond donors (Lipinski definition) is 0. The van der Waals surface area contributed by atoms with Gasteiger partial charge in [0, 0.05) is 26.1 Å². The third kappa shape index (κ3) is 3.72. The second-order valence-electron chi connectivity index (χ2n) is 5.02. The number of halogens is 3. The van der Waals surface area contributed by atoms with Gasteiger partial charge in [-0.2, -0.15) is 0 Å². The normalized spacial score (nSPS) is 11.4. The number of alkyl halides is 1. The molecule has 0 bridgehead atoms. The zero-order chi connectivity index (χ0) is 16.3. The minimum Gasteiger partial charge on any atom is -0.221 e. The van der Waals surface area contributed by atoms with E-state index in [1.165, 1.54) is 0 Å². The number of benzene rings is 3. The lowest BCUT2D eigenvalue weighted by atomic mass is 10.0. The molecule has 0 atom stereocenters. The molecule has 0 radical (unpaired) electrons. The van der Waals surface area contributed by atoms with E-state index in [1.54, 1.807) is 48.5 Å². The second-order valence-corrected chi connectivity index (χ2v) is 7.14. The van der Waals surface area contributed by atoms with Crippen molar-refractivity contribution in [1.82, 2.24) is 0 Å². The molecule has 4 heteroatoms. The maximum Gasteiger partial charge on any atom is 0.211 e. The monoisotopic (exact) mass is 362 g/mol. The maximum atomic E-state index is 16.1. The van der Waals surface area contributed by atoms with Crippen LogP contribution in [0.2, 0.25) is 10.0 Å². The Labute approximate surface area is 149 Å². The van der Waals surface area contributed by atoms with E-state index in [0.29, 0.717) is 21.2 Å². The molecule has 0 spiro atoms. The van der Waals surface area contributed by atoms with Crippen LogP contribution in [0.5, 0.6) is 0 Å². The van der Waals surface area contributed by atoms with Crippen LogP contribution >= 0.6 is 35.0 Å². The van der Waals surface area contributed by atoms with Crippen LogP contribution in [0.3, 0.4) is 0 Å². The Hall–Kier alpha value is -1.48. The van der Waals surface area contributed by atoms with Gasteiger partial charge in [-0.15, -0.1) is 0 Å². The second kappa shape index (κ2) is 6.96. The van der Waals surface area contributed by atoms with Gasteiger partial charge in [0.15, 0.2) is 0 Å². The Morgan fingerprint density at radius 2 is 1.09 bits per heavy atom. The number of hydrogen-bond acceptors (Lipinski definition) is 1. The molecule has 0 aliphatic heterocycles. The predicted molar refractivity (Wildman–Crippen MR) is 97.1 cm³/mol. The average Bonchev–Trinajstić information content (AvgIpc) is 2.57. The Balaban J connectivity index is 2.08. The number of rotatable bonds is 4. The highest BCUT2D eigenvalue weighted by Crippen LogP contribution is 2.48.